The lowest BCUT2D eigenvalue weighted by atomic mass is 10.0. The fraction of sp³-hybridized carbons (Fsp3) is 0.593. The molecule has 0 aliphatic carbocycles. The van der Waals surface area contributed by atoms with Crippen molar-refractivity contribution in [2.75, 3.05) is 39.6 Å². The monoisotopic (exact) mass is 1560 g/mol. The lowest BCUT2D eigenvalue weighted by Gasteiger charge is -2.21. The van der Waals surface area contributed by atoms with Crippen molar-refractivity contribution < 1.29 is 75.8 Å². The second-order valence-electron chi connectivity index (χ2n) is 26.8. The average molecular weight is 1560 g/mol. The van der Waals surface area contributed by atoms with E-state index in [0.717, 1.165) is 161 Å². The van der Waals surface area contributed by atoms with Crippen molar-refractivity contribution in [3.63, 3.8) is 0 Å². The number of hydrogen-bond donors (Lipinski definition) is 4. The van der Waals surface area contributed by atoms with Gasteiger partial charge in [-0.15, -0.1) is 0 Å². The number of carbonyl (C=O) groups excluding carboxylic acids is 3. The molecule has 5 unspecified atom stereocenters. The third-order valence-electron chi connectivity index (χ3n) is 16.5. The van der Waals surface area contributed by atoms with Gasteiger partial charge in [-0.25, -0.2) is 9.13 Å². The summed E-state index contributed by atoms with van der Waals surface area (Å²) in [6, 6.07) is 0. The Morgan fingerprint density at radius 1 is 0.257 bits per heavy atom. The summed E-state index contributed by atoms with van der Waals surface area (Å²) in [6.45, 7) is 2.21. The van der Waals surface area contributed by atoms with Crippen LogP contribution in [-0.2, 0) is 55.8 Å². The molecule has 0 aromatic heterocycles. The first-order chi connectivity index (χ1) is 53.2. The molecule has 0 aromatic rings. The third-order valence-corrected chi connectivity index (χ3v) is 18.4. The number of phosphoric ester groups is 2. The fourth-order valence-corrected chi connectivity index (χ4v) is 11.9. The Hall–Kier alpha value is -5.87. The van der Waals surface area contributed by atoms with Crippen LogP contribution in [0.15, 0.2) is 207 Å². The third kappa shape index (κ3) is 82.9. The van der Waals surface area contributed by atoms with E-state index in [1.54, 1.807) is 0 Å². The standard InChI is InChI=1S/C91H146O16P2/c1-4-7-10-13-16-19-22-25-28-31-34-36-37-38-39-40-41-42-43-44-45-46-47-49-52-53-56-59-62-65-68-71-74-77-89(94)101-80-86(92)81-103-108(97,98)104-82-87(93)83-105-109(99,100)106-85-88(107-91(96)79-76-73-70-67-64-61-58-55-50-33-30-27-24-21-18-15-12-9-6-3)84-102-90(95)78-75-72-69-66-63-60-57-54-51-48-35-32-29-26-23-20-17-14-11-8-5-2/h7-12,16-21,25-30,34-36,38-39,41-42,48,50,54-55,57,61,64,70,73,86-88,92-93H,4-6,13-15,22-24,31-33,37,40,43-47,49,51-53,56,58-60,62-63,65-69,71-72,74-85H2,1-3H3,(H,97,98)(H,99,100)/b10-7-,11-8-,12-9-,19-16-,20-17-,21-18-,28-25-,29-26-,30-27-,36-34-,39-38-,42-41-,48-35-,55-50-,57-54-,64-61-,73-70-. The molecule has 616 valence electrons. The van der Waals surface area contributed by atoms with Crippen LogP contribution in [0, 0.1) is 0 Å². The number of unbranched alkanes of at least 4 members (excludes halogenated alkanes) is 19. The van der Waals surface area contributed by atoms with Gasteiger partial charge in [-0.3, -0.25) is 32.5 Å². The summed E-state index contributed by atoms with van der Waals surface area (Å²) in [5, 5.41) is 20.7. The summed E-state index contributed by atoms with van der Waals surface area (Å²) in [7, 11) is -9.84. The number of carbonyl (C=O) groups is 3. The number of ether oxygens (including phenoxy) is 3. The predicted octanol–water partition coefficient (Wildman–Crippen LogP) is 24.9. The number of allylic oxidation sites excluding steroid dienone is 34. The first-order valence-electron chi connectivity index (χ1n) is 41.4. The SMILES string of the molecule is CC/C=C\C/C=C\C/C=C\C/C=C\C/C=C\C/C=C\CCCCCCCCCCCCCCCCC(=O)OCC(O)COP(=O)(O)OCC(O)COP(=O)(O)OCC(COC(=O)CCCCCCC/C=C\C/C=C\C/C=C\C/C=C\C/C=C\CC)OC(=O)CC/C=C\C/C=C\C/C=C\C/C=C\C/C=C\C/C=C\CC. The Morgan fingerprint density at radius 3 is 0.761 bits per heavy atom. The van der Waals surface area contributed by atoms with E-state index in [-0.39, 0.29) is 19.3 Å². The van der Waals surface area contributed by atoms with Crippen molar-refractivity contribution in [3.8, 4) is 0 Å². The van der Waals surface area contributed by atoms with Gasteiger partial charge in [0.2, 0.25) is 0 Å². The number of hydrogen-bond acceptors (Lipinski definition) is 14. The Kier molecular flexibility index (Phi) is 77.2. The van der Waals surface area contributed by atoms with Crippen molar-refractivity contribution in [3.05, 3.63) is 207 Å². The van der Waals surface area contributed by atoms with Gasteiger partial charge in [0.1, 0.15) is 25.4 Å². The number of aliphatic hydroxyl groups excluding tert-OH is 2. The molecule has 109 heavy (non-hydrogen) atoms. The minimum atomic E-state index is -4.97. The molecule has 0 heterocycles. The zero-order valence-electron chi connectivity index (χ0n) is 67.4. The van der Waals surface area contributed by atoms with Gasteiger partial charge < -0.3 is 34.2 Å². The number of esters is 3. The minimum Gasteiger partial charge on any atom is -0.463 e. The molecule has 5 atom stereocenters. The number of aliphatic hydroxyl groups is 2. The maximum absolute atomic E-state index is 13.0. The Labute approximate surface area is 660 Å². The zero-order chi connectivity index (χ0) is 79.4. The van der Waals surface area contributed by atoms with Crippen LogP contribution in [0.1, 0.15) is 290 Å². The van der Waals surface area contributed by atoms with E-state index in [4.69, 9.17) is 32.3 Å². The van der Waals surface area contributed by atoms with Gasteiger partial charge in [0.15, 0.2) is 6.10 Å². The lowest BCUT2D eigenvalue weighted by Crippen LogP contribution is -2.29. The van der Waals surface area contributed by atoms with Crippen LogP contribution in [0.3, 0.4) is 0 Å². The molecular weight excluding hydrogens is 1410 g/mol. The second-order valence-corrected chi connectivity index (χ2v) is 29.7. The van der Waals surface area contributed by atoms with Gasteiger partial charge in [0, 0.05) is 19.3 Å². The minimum absolute atomic E-state index is 0.0332. The quantitative estimate of drug-likeness (QED) is 0.0146. The summed E-state index contributed by atoms with van der Waals surface area (Å²) >= 11 is 0. The molecule has 0 saturated carbocycles. The largest absolute Gasteiger partial charge is 0.472 e. The van der Waals surface area contributed by atoms with Gasteiger partial charge in [-0.05, 0) is 154 Å². The maximum Gasteiger partial charge on any atom is 0.472 e. The van der Waals surface area contributed by atoms with Gasteiger partial charge >= 0.3 is 33.6 Å². The highest BCUT2D eigenvalue weighted by molar-refractivity contribution is 7.47. The van der Waals surface area contributed by atoms with Crippen LogP contribution in [0.2, 0.25) is 0 Å². The number of rotatable bonds is 76. The summed E-state index contributed by atoms with van der Waals surface area (Å²) in [4.78, 5) is 58.7. The summed E-state index contributed by atoms with van der Waals surface area (Å²) in [6.07, 6.45) is 109. The van der Waals surface area contributed by atoms with E-state index in [2.05, 4.69) is 209 Å². The molecule has 0 rings (SSSR count). The van der Waals surface area contributed by atoms with Crippen molar-refractivity contribution >= 4 is 33.6 Å². The normalized spacial score (nSPS) is 15.0. The molecule has 0 aliphatic rings. The average Bonchev–Trinajstić information content (AvgIpc) is 0.896. The van der Waals surface area contributed by atoms with Gasteiger partial charge in [-0.1, -0.05) is 324 Å². The highest BCUT2D eigenvalue weighted by Gasteiger charge is 2.29. The van der Waals surface area contributed by atoms with Crippen molar-refractivity contribution in [2.24, 2.45) is 0 Å². The molecule has 4 N–H and O–H groups in total. The Bertz CT molecular complexity index is 2810. The van der Waals surface area contributed by atoms with Crippen LogP contribution in [0.4, 0.5) is 0 Å². The van der Waals surface area contributed by atoms with Crippen molar-refractivity contribution in [2.45, 2.75) is 309 Å². The predicted molar refractivity (Wildman–Crippen MR) is 454 cm³/mol. The van der Waals surface area contributed by atoms with E-state index in [1.807, 2.05) is 18.2 Å². The lowest BCUT2D eigenvalue weighted by molar-refractivity contribution is -0.161. The zero-order valence-corrected chi connectivity index (χ0v) is 69.2. The molecule has 18 heteroatoms. The van der Waals surface area contributed by atoms with Gasteiger partial charge in [0.05, 0.1) is 26.4 Å². The molecule has 0 aliphatic heterocycles. The molecule has 0 saturated heterocycles. The summed E-state index contributed by atoms with van der Waals surface area (Å²) < 4.78 is 61.1. The van der Waals surface area contributed by atoms with Crippen LogP contribution >= 0.6 is 15.6 Å². The first kappa shape index (κ1) is 103. The van der Waals surface area contributed by atoms with Crippen LogP contribution in [0.5, 0.6) is 0 Å². The Balaban J connectivity index is 4.61. The van der Waals surface area contributed by atoms with Crippen molar-refractivity contribution in [1.29, 1.82) is 0 Å². The number of phosphoric acid groups is 2. The molecule has 0 bridgehead atoms. The molecule has 0 amide bonds. The highest BCUT2D eigenvalue weighted by Crippen LogP contribution is 2.45. The van der Waals surface area contributed by atoms with E-state index < -0.39 is 91.5 Å². The summed E-state index contributed by atoms with van der Waals surface area (Å²) in [5.74, 6) is -1.71. The van der Waals surface area contributed by atoms with Gasteiger partial charge in [-0.2, -0.15) is 0 Å². The molecular formula is C91H146O16P2. The van der Waals surface area contributed by atoms with E-state index in [1.165, 1.54) is 64.2 Å². The molecule has 16 nitrogen and oxygen atoms in total. The van der Waals surface area contributed by atoms with Gasteiger partial charge in [0.25, 0.3) is 0 Å². The van der Waals surface area contributed by atoms with Crippen LogP contribution in [0.25, 0.3) is 0 Å². The molecule has 0 radical (unpaired) electrons. The maximum atomic E-state index is 13.0. The molecule has 0 spiro atoms. The van der Waals surface area contributed by atoms with E-state index >= 15 is 0 Å². The fourth-order valence-electron chi connectivity index (χ4n) is 10.3. The van der Waals surface area contributed by atoms with Crippen molar-refractivity contribution in [1.82, 2.24) is 0 Å². The molecule has 0 fully saturated rings. The van der Waals surface area contributed by atoms with E-state index in [9.17, 15) is 43.5 Å². The van der Waals surface area contributed by atoms with E-state index in [0.29, 0.717) is 25.7 Å². The van der Waals surface area contributed by atoms with Crippen LogP contribution in [-0.4, -0.2) is 95.9 Å². The summed E-state index contributed by atoms with van der Waals surface area (Å²) in [5.41, 5.74) is 0. The second kappa shape index (κ2) is 81.6. The highest BCUT2D eigenvalue weighted by atomic mass is 31.2. The smallest absolute Gasteiger partial charge is 0.463 e. The van der Waals surface area contributed by atoms with Crippen LogP contribution < -0.4 is 0 Å². The first-order valence-corrected chi connectivity index (χ1v) is 44.4. The Morgan fingerprint density at radius 2 is 0.477 bits per heavy atom. The molecule has 0 aromatic carbocycles. The topological polar surface area (TPSA) is 231 Å².